The quantitative estimate of drug-likeness (QED) is 0.385. The fraction of sp³-hybridized carbons (Fsp3) is 0.500. The van der Waals surface area contributed by atoms with Crippen LogP contribution in [-0.2, 0) is 24.4 Å². The van der Waals surface area contributed by atoms with Gasteiger partial charge in [-0.25, -0.2) is 14.1 Å². The molecule has 1 aromatic carbocycles. The van der Waals surface area contributed by atoms with Gasteiger partial charge in [-0.3, -0.25) is 4.99 Å². The van der Waals surface area contributed by atoms with Crippen LogP contribution in [-0.4, -0.2) is 34.9 Å². The Kier molecular flexibility index (Phi) is 7.96. The number of fused-ring (bicyclic) bond motifs is 1. The molecular formula is C18H26FIN6O. The highest BCUT2D eigenvalue weighted by molar-refractivity contribution is 14.0. The predicted octanol–water partition coefficient (Wildman–Crippen LogP) is 2.69. The summed E-state index contributed by atoms with van der Waals surface area (Å²) in [6.07, 6.45) is 2.02. The molecule has 0 spiro atoms. The molecule has 1 atom stereocenters. The number of aliphatic imine (C=N–C) groups is 1. The lowest BCUT2D eigenvalue weighted by Crippen LogP contribution is -2.41. The molecule has 1 unspecified atom stereocenters. The molecule has 1 aliphatic rings. The summed E-state index contributed by atoms with van der Waals surface area (Å²) in [5, 5.41) is 11.1. The van der Waals surface area contributed by atoms with Gasteiger partial charge in [-0.2, -0.15) is 5.10 Å². The number of ether oxygens (including phenoxy) is 1. The van der Waals surface area contributed by atoms with Crippen LogP contribution in [0.1, 0.15) is 41.7 Å². The molecular weight excluding hydrogens is 462 g/mol. The van der Waals surface area contributed by atoms with Crippen molar-refractivity contribution >= 4 is 29.9 Å². The van der Waals surface area contributed by atoms with Gasteiger partial charge in [0.1, 0.15) is 17.5 Å². The smallest absolute Gasteiger partial charge is 0.191 e. The third-order valence-electron chi connectivity index (χ3n) is 4.39. The van der Waals surface area contributed by atoms with Crippen LogP contribution >= 0.6 is 24.0 Å². The number of benzene rings is 1. The normalized spacial score (nSPS) is 16.4. The molecule has 1 aromatic heterocycles. The lowest BCUT2D eigenvalue weighted by molar-refractivity contribution is 0.181. The zero-order valence-electron chi connectivity index (χ0n) is 15.8. The number of hydrogen-bond donors (Lipinski definition) is 2. The second-order valence-corrected chi connectivity index (χ2v) is 6.36. The van der Waals surface area contributed by atoms with Crippen LogP contribution in [0.15, 0.2) is 23.2 Å². The molecule has 7 nitrogen and oxygen atoms in total. The van der Waals surface area contributed by atoms with Crippen molar-refractivity contribution in [1.29, 1.82) is 0 Å². The number of aromatic nitrogens is 3. The predicted molar refractivity (Wildman–Crippen MR) is 113 cm³/mol. The summed E-state index contributed by atoms with van der Waals surface area (Å²) >= 11 is 0. The molecule has 0 fully saturated rings. The van der Waals surface area contributed by atoms with Crippen molar-refractivity contribution < 1.29 is 9.13 Å². The largest absolute Gasteiger partial charge is 0.380 e. The van der Waals surface area contributed by atoms with Crippen molar-refractivity contribution in [3.05, 3.63) is 46.8 Å². The number of guanidine groups is 1. The van der Waals surface area contributed by atoms with Crippen molar-refractivity contribution in [3.63, 3.8) is 0 Å². The highest BCUT2D eigenvalue weighted by atomic mass is 127. The van der Waals surface area contributed by atoms with Gasteiger partial charge in [0, 0.05) is 32.8 Å². The minimum atomic E-state index is -0.255. The lowest BCUT2D eigenvalue weighted by Gasteiger charge is -2.25. The second kappa shape index (κ2) is 9.98. The summed E-state index contributed by atoms with van der Waals surface area (Å²) in [7, 11) is 3.29. The van der Waals surface area contributed by atoms with E-state index in [9.17, 15) is 4.39 Å². The number of methoxy groups -OCH3 is 1. The Balaban J connectivity index is 0.00000261. The summed E-state index contributed by atoms with van der Waals surface area (Å²) in [4.78, 5) is 8.82. The van der Waals surface area contributed by atoms with Gasteiger partial charge >= 0.3 is 0 Å². The maximum absolute atomic E-state index is 13.7. The van der Waals surface area contributed by atoms with Gasteiger partial charge in [-0.1, -0.05) is 6.07 Å². The lowest BCUT2D eigenvalue weighted by atomic mass is 10.1. The first kappa shape index (κ1) is 21.5. The van der Waals surface area contributed by atoms with E-state index in [1.807, 2.05) is 11.6 Å². The van der Waals surface area contributed by atoms with Crippen LogP contribution in [0.2, 0.25) is 0 Å². The van der Waals surface area contributed by atoms with E-state index in [0.29, 0.717) is 18.1 Å². The number of rotatable bonds is 5. The van der Waals surface area contributed by atoms with Crippen LogP contribution in [0, 0.1) is 12.7 Å². The maximum Gasteiger partial charge on any atom is 0.191 e. The van der Waals surface area contributed by atoms with Gasteiger partial charge in [-0.15, -0.1) is 24.0 Å². The summed E-state index contributed by atoms with van der Waals surface area (Å²) in [5.41, 5.74) is 1.51. The topological polar surface area (TPSA) is 76.4 Å². The fourth-order valence-electron chi connectivity index (χ4n) is 3.15. The van der Waals surface area contributed by atoms with E-state index in [1.165, 1.54) is 6.07 Å². The SMILES string of the molecule is CN=C(NCc1ccc(F)c(COC)c1)NC1CCCn2nc(C)nc21.I. The Morgan fingerprint density at radius 2 is 2.26 bits per heavy atom. The van der Waals surface area contributed by atoms with E-state index in [2.05, 4.69) is 25.7 Å². The molecule has 1 aliphatic heterocycles. The Morgan fingerprint density at radius 1 is 1.44 bits per heavy atom. The number of hydrogen-bond acceptors (Lipinski definition) is 4. The van der Waals surface area contributed by atoms with Gasteiger partial charge in [0.05, 0.1) is 12.6 Å². The molecule has 2 N–H and O–H groups in total. The maximum atomic E-state index is 13.7. The molecule has 148 valence electrons. The van der Waals surface area contributed by atoms with E-state index < -0.39 is 0 Å². The Hall–Kier alpha value is -1.75. The van der Waals surface area contributed by atoms with Crippen molar-refractivity contribution in [3.8, 4) is 0 Å². The van der Waals surface area contributed by atoms with Gasteiger partial charge in [0.25, 0.3) is 0 Å². The molecule has 0 saturated heterocycles. The first-order valence-electron chi connectivity index (χ1n) is 8.75. The minimum Gasteiger partial charge on any atom is -0.380 e. The Labute approximate surface area is 175 Å². The molecule has 3 rings (SSSR count). The number of nitrogens with zero attached hydrogens (tertiary/aromatic N) is 4. The number of aryl methyl sites for hydroxylation is 2. The fourth-order valence-corrected chi connectivity index (χ4v) is 3.15. The van der Waals surface area contributed by atoms with Crippen molar-refractivity contribution in [2.45, 2.75) is 45.5 Å². The van der Waals surface area contributed by atoms with E-state index in [4.69, 9.17) is 4.74 Å². The molecule has 9 heteroatoms. The second-order valence-electron chi connectivity index (χ2n) is 6.36. The van der Waals surface area contributed by atoms with E-state index >= 15 is 0 Å². The standard InChI is InChI=1S/C18H25FN6O.HI/c1-12-22-17-16(5-4-8-25(17)24-12)23-18(20-2)21-10-13-6-7-15(19)14(9-13)11-26-3;/h6-7,9,16H,4-5,8,10-11H2,1-3H3,(H2,20,21,23);1H. The average molecular weight is 488 g/mol. The van der Waals surface area contributed by atoms with E-state index in [1.54, 1.807) is 26.3 Å². The molecule has 27 heavy (non-hydrogen) atoms. The van der Waals surface area contributed by atoms with Gasteiger partial charge < -0.3 is 15.4 Å². The van der Waals surface area contributed by atoms with Crippen LogP contribution in [0.4, 0.5) is 4.39 Å². The molecule has 0 amide bonds. The van der Waals surface area contributed by atoms with Gasteiger partial charge in [-0.05, 0) is 37.5 Å². The highest BCUT2D eigenvalue weighted by Crippen LogP contribution is 2.22. The van der Waals surface area contributed by atoms with Crippen LogP contribution in [0.25, 0.3) is 0 Å². The number of halogens is 2. The first-order valence-corrected chi connectivity index (χ1v) is 8.75. The number of nitrogens with one attached hydrogen (secondary N) is 2. The van der Waals surface area contributed by atoms with Gasteiger partial charge in [0.2, 0.25) is 0 Å². The zero-order chi connectivity index (χ0) is 18.5. The third kappa shape index (κ3) is 5.38. The summed E-state index contributed by atoms with van der Waals surface area (Å²) in [5.74, 6) is 2.16. The average Bonchev–Trinajstić information content (AvgIpc) is 3.02. The monoisotopic (exact) mass is 488 g/mol. The van der Waals surface area contributed by atoms with Crippen LogP contribution < -0.4 is 10.6 Å². The molecule has 0 radical (unpaired) electrons. The molecule has 0 saturated carbocycles. The van der Waals surface area contributed by atoms with Crippen LogP contribution in [0.5, 0.6) is 0 Å². The molecule has 2 aromatic rings. The highest BCUT2D eigenvalue weighted by Gasteiger charge is 2.24. The van der Waals surface area contributed by atoms with E-state index in [-0.39, 0.29) is 42.4 Å². The van der Waals surface area contributed by atoms with Crippen molar-refractivity contribution in [1.82, 2.24) is 25.4 Å². The third-order valence-corrected chi connectivity index (χ3v) is 4.39. The molecule has 2 heterocycles. The van der Waals surface area contributed by atoms with Crippen molar-refractivity contribution in [2.75, 3.05) is 14.2 Å². The van der Waals surface area contributed by atoms with Gasteiger partial charge in [0.15, 0.2) is 5.96 Å². The summed E-state index contributed by atoms with van der Waals surface area (Å²) in [6.45, 7) is 3.60. The van der Waals surface area contributed by atoms with Crippen molar-refractivity contribution in [2.24, 2.45) is 4.99 Å². The molecule has 0 aliphatic carbocycles. The summed E-state index contributed by atoms with van der Waals surface area (Å²) < 4.78 is 20.7. The summed E-state index contributed by atoms with van der Waals surface area (Å²) in [6, 6.07) is 5.11. The Bertz CT molecular complexity index is 794. The van der Waals surface area contributed by atoms with E-state index in [0.717, 1.165) is 36.6 Å². The minimum absolute atomic E-state index is 0. The van der Waals surface area contributed by atoms with Crippen LogP contribution in [0.3, 0.4) is 0 Å². The first-order chi connectivity index (χ1) is 12.6. The molecule has 0 bridgehead atoms. The zero-order valence-corrected chi connectivity index (χ0v) is 18.2. The Morgan fingerprint density at radius 3 is 3.00 bits per heavy atom.